The topological polar surface area (TPSA) is 58.2 Å². The zero-order chi connectivity index (χ0) is 15.9. The second-order valence-corrected chi connectivity index (χ2v) is 6.85. The molecule has 1 saturated heterocycles. The van der Waals surface area contributed by atoms with Gasteiger partial charge in [-0.05, 0) is 56.2 Å². The van der Waals surface area contributed by atoms with Crippen molar-refractivity contribution in [2.45, 2.75) is 39.0 Å². The maximum absolute atomic E-state index is 11.6. The van der Waals surface area contributed by atoms with Crippen molar-refractivity contribution in [3.63, 3.8) is 0 Å². The second-order valence-electron chi connectivity index (χ2n) is 6.85. The van der Waals surface area contributed by atoms with Crippen LogP contribution in [0.25, 0.3) is 11.0 Å². The number of benzene rings is 1. The van der Waals surface area contributed by atoms with E-state index in [0.29, 0.717) is 17.8 Å². The monoisotopic (exact) mass is 313 g/mol. The average molecular weight is 313 g/mol. The van der Waals surface area contributed by atoms with Gasteiger partial charge >= 0.3 is 5.97 Å². The van der Waals surface area contributed by atoms with Crippen LogP contribution >= 0.6 is 0 Å². The summed E-state index contributed by atoms with van der Waals surface area (Å²) in [7, 11) is 0. The highest BCUT2D eigenvalue weighted by molar-refractivity contribution is 5.81. The highest BCUT2D eigenvalue weighted by Gasteiger charge is 2.44. The number of H-pyrrole nitrogens is 1. The van der Waals surface area contributed by atoms with Gasteiger partial charge in [-0.3, -0.25) is 4.79 Å². The number of nitrogens with one attached hydrogen (secondary N) is 1. The zero-order valence-electron chi connectivity index (χ0n) is 13.6. The number of piperidine rings is 1. The molecule has 0 atom stereocenters. The molecular weight excluding hydrogens is 290 g/mol. The third-order valence-corrected chi connectivity index (χ3v) is 5.28. The quantitative estimate of drug-likeness (QED) is 0.881. The molecule has 2 aromatic rings. The van der Waals surface area contributed by atoms with Gasteiger partial charge < -0.3 is 14.6 Å². The molecule has 2 heterocycles. The Balaban J connectivity index is 1.50. The standard InChI is InChI=1S/C18H23N3O2/c1-2-23-17(22)12-16-19-14-4-3-13(11-15(14)20-16)21-9-7-18(5-6-18)8-10-21/h3-4,11H,2,5-10,12H2,1H3,(H,19,20). The number of carbonyl (C=O) groups excluding carboxylic acids is 1. The molecule has 122 valence electrons. The third kappa shape index (κ3) is 2.92. The lowest BCUT2D eigenvalue weighted by molar-refractivity contribution is -0.142. The van der Waals surface area contributed by atoms with Gasteiger partial charge in [-0.2, -0.15) is 0 Å². The summed E-state index contributed by atoms with van der Waals surface area (Å²) in [6.07, 6.45) is 5.70. The number of ether oxygens (including phenoxy) is 1. The molecule has 1 spiro atoms. The number of fused-ring (bicyclic) bond motifs is 1. The van der Waals surface area contributed by atoms with E-state index in [4.69, 9.17) is 4.74 Å². The Morgan fingerprint density at radius 2 is 2.09 bits per heavy atom. The number of rotatable bonds is 4. The molecule has 2 fully saturated rings. The first-order valence-corrected chi connectivity index (χ1v) is 8.57. The molecule has 1 N–H and O–H groups in total. The minimum Gasteiger partial charge on any atom is -0.466 e. The molecule has 0 unspecified atom stereocenters. The van der Waals surface area contributed by atoms with Crippen LogP contribution in [0, 0.1) is 5.41 Å². The molecule has 5 nitrogen and oxygen atoms in total. The summed E-state index contributed by atoms with van der Waals surface area (Å²) in [4.78, 5) is 21.8. The minimum absolute atomic E-state index is 0.198. The van der Waals surface area contributed by atoms with E-state index in [1.165, 1.54) is 31.4 Å². The number of aromatic nitrogens is 2. The number of carbonyl (C=O) groups is 1. The van der Waals surface area contributed by atoms with E-state index < -0.39 is 0 Å². The van der Waals surface area contributed by atoms with Crippen LogP contribution in [0.3, 0.4) is 0 Å². The maximum atomic E-state index is 11.6. The van der Waals surface area contributed by atoms with Crippen LogP contribution in [-0.4, -0.2) is 35.6 Å². The largest absolute Gasteiger partial charge is 0.466 e. The Morgan fingerprint density at radius 3 is 2.78 bits per heavy atom. The SMILES string of the molecule is CCOC(=O)Cc1nc2ccc(N3CCC4(CC3)CC4)cc2[nH]1. The van der Waals surface area contributed by atoms with Crippen molar-refractivity contribution in [3.05, 3.63) is 24.0 Å². The first kappa shape index (κ1) is 14.5. The van der Waals surface area contributed by atoms with Crippen molar-refractivity contribution >= 4 is 22.7 Å². The molecule has 1 aromatic carbocycles. The van der Waals surface area contributed by atoms with Crippen LogP contribution in [0.2, 0.25) is 0 Å². The van der Waals surface area contributed by atoms with Gasteiger partial charge in [-0.1, -0.05) is 0 Å². The van der Waals surface area contributed by atoms with Crippen LogP contribution < -0.4 is 4.90 Å². The summed E-state index contributed by atoms with van der Waals surface area (Å²) in [5.74, 6) is 0.434. The van der Waals surface area contributed by atoms with E-state index >= 15 is 0 Å². The van der Waals surface area contributed by atoms with Gasteiger partial charge in [0.1, 0.15) is 12.2 Å². The number of aromatic amines is 1. The minimum atomic E-state index is -0.238. The highest BCUT2D eigenvalue weighted by atomic mass is 16.5. The van der Waals surface area contributed by atoms with Gasteiger partial charge in [0.15, 0.2) is 0 Å². The first-order valence-electron chi connectivity index (χ1n) is 8.57. The van der Waals surface area contributed by atoms with Crippen molar-refractivity contribution in [2.24, 2.45) is 5.41 Å². The number of esters is 1. The molecule has 1 saturated carbocycles. The van der Waals surface area contributed by atoms with E-state index in [9.17, 15) is 4.79 Å². The van der Waals surface area contributed by atoms with E-state index in [-0.39, 0.29) is 12.4 Å². The lowest BCUT2D eigenvalue weighted by Crippen LogP contribution is -2.34. The lowest BCUT2D eigenvalue weighted by Gasteiger charge is -2.33. The van der Waals surface area contributed by atoms with Crippen LogP contribution in [0.4, 0.5) is 5.69 Å². The summed E-state index contributed by atoms with van der Waals surface area (Å²) in [6.45, 7) is 4.51. The fourth-order valence-electron chi connectivity index (χ4n) is 3.60. The van der Waals surface area contributed by atoms with Crippen LogP contribution in [0.1, 0.15) is 38.4 Å². The van der Waals surface area contributed by atoms with Crippen LogP contribution in [0.15, 0.2) is 18.2 Å². The fourth-order valence-corrected chi connectivity index (χ4v) is 3.60. The average Bonchev–Trinajstić information content (AvgIpc) is 3.17. The molecule has 2 aliphatic rings. The van der Waals surface area contributed by atoms with Gasteiger partial charge in [0, 0.05) is 18.8 Å². The zero-order valence-corrected chi connectivity index (χ0v) is 13.6. The smallest absolute Gasteiger partial charge is 0.313 e. The second kappa shape index (κ2) is 5.55. The summed E-state index contributed by atoms with van der Waals surface area (Å²) >= 11 is 0. The van der Waals surface area contributed by atoms with Crippen molar-refractivity contribution in [3.8, 4) is 0 Å². The molecule has 1 aromatic heterocycles. The van der Waals surface area contributed by atoms with Gasteiger partial charge in [0.2, 0.25) is 0 Å². The van der Waals surface area contributed by atoms with Crippen LogP contribution in [-0.2, 0) is 16.0 Å². The molecule has 1 aliphatic carbocycles. The van der Waals surface area contributed by atoms with E-state index in [0.717, 1.165) is 24.1 Å². The van der Waals surface area contributed by atoms with Crippen molar-refractivity contribution in [1.29, 1.82) is 0 Å². The van der Waals surface area contributed by atoms with Gasteiger partial charge in [0.05, 0.1) is 17.6 Å². The predicted octanol–water partition coefficient (Wildman–Crippen LogP) is 3.05. The Kier molecular flexibility index (Phi) is 3.51. The van der Waals surface area contributed by atoms with Gasteiger partial charge in [-0.25, -0.2) is 4.98 Å². The lowest BCUT2D eigenvalue weighted by atomic mass is 9.93. The Labute approximate surface area is 136 Å². The van der Waals surface area contributed by atoms with Gasteiger partial charge in [-0.15, -0.1) is 0 Å². The number of nitrogens with zero attached hydrogens (tertiary/aromatic N) is 2. The first-order chi connectivity index (χ1) is 11.2. The summed E-state index contributed by atoms with van der Waals surface area (Å²) in [5, 5.41) is 0. The molecule has 23 heavy (non-hydrogen) atoms. The Bertz CT molecular complexity index is 723. The number of anilines is 1. The maximum Gasteiger partial charge on any atom is 0.313 e. The molecule has 1 aliphatic heterocycles. The van der Waals surface area contributed by atoms with Crippen LogP contribution in [0.5, 0.6) is 0 Å². The Hall–Kier alpha value is -2.04. The number of imidazole rings is 1. The van der Waals surface area contributed by atoms with E-state index in [2.05, 4.69) is 27.0 Å². The Morgan fingerprint density at radius 1 is 1.30 bits per heavy atom. The third-order valence-electron chi connectivity index (χ3n) is 5.28. The van der Waals surface area contributed by atoms with E-state index in [1.54, 1.807) is 0 Å². The van der Waals surface area contributed by atoms with Gasteiger partial charge in [0.25, 0.3) is 0 Å². The van der Waals surface area contributed by atoms with Crippen molar-refractivity contribution in [1.82, 2.24) is 9.97 Å². The fraction of sp³-hybridized carbons (Fsp3) is 0.556. The molecule has 0 radical (unpaired) electrons. The van der Waals surface area contributed by atoms with E-state index in [1.807, 2.05) is 13.0 Å². The number of hydrogen-bond donors (Lipinski definition) is 1. The normalized spacial score (nSPS) is 19.3. The molecule has 4 rings (SSSR count). The predicted molar refractivity (Wildman–Crippen MR) is 89.5 cm³/mol. The molecule has 5 heteroatoms. The summed E-state index contributed by atoms with van der Waals surface area (Å²) < 4.78 is 4.98. The summed E-state index contributed by atoms with van der Waals surface area (Å²) in [5.41, 5.74) is 3.85. The molecule has 0 bridgehead atoms. The van der Waals surface area contributed by atoms with Crippen molar-refractivity contribution in [2.75, 3.05) is 24.6 Å². The highest BCUT2D eigenvalue weighted by Crippen LogP contribution is 2.53. The summed E-state index contributed by atoms with van der Waals surface area (Å²) in [6, 6.07) is 6.33. The number of hydrogen-bond acceptors (Lipinski definition) is 4. The molecular formula is C18H23N3O2. The molecule has 0 amide bonds. The van der Waals surface area contributed by atoms with Crippen molar-refractivity contribution < 1.29 is 9.53 Å².